The van der Waals surface area contributed by atoms with Crippen LogP contribution >= 0.6 is 11.3 Å². The summed E-state index contributed by atoms with van der Waals surface area (Å²) in [5.74, 6) is 0.734. The molecule has 31 heavy (non-hydrogen) atoms. The van der Waals surface area contributed by atoms with Gasteiger partial charge < -0.3 is 9.47 Å². The van der Waals surface area contributed by atoms with E-state index in [-0.39, 0.29) is 17.4 Å². The van der Waals surface area contributed by atoms with Crippen molar-refractivity contribution in [2.24, 2.45) is 5.92 Å². The van der Waals surface area contributed by atoms with Crippen LogP contribution < -0.4 is 5.56 Å². The molecule has 4 aromatic rings. The van der Waals surface area contributed by atoms with Crippen molar-refractivity contribution >= 4 is 22.2 Å². The van der Waals surface area contributed by atoms with Crippen molar-refractivity contribution in [1.82, 2.24) is 18.9 Å². The minimum absolute atomic E-state index is 0.0713. The molecule has 7 heteroatoms. The molecule has 2 bridgehead atoms. The Bertz CT molecular complexity index is 1340. The van der Waals surface area contributed by atoms with E-state index in [1.165, 1.54) is 0 Å². The van der Waals surface area contributed by atoms with Gasteiger partial charge in [0, 0.05) is 60.1 Å². The van der Waals surface area contributed by atoms with Gasteiger partial charge in [-0.25, -0.2) is 4.98 Å². The average Bonchev–Trinajstić information content (AvgIpc) is 3.37. The number of pyridine rings is 1. The Morgan fingerprint density at radius 1 is 1.06 bits per heavy atom. The number of aromatic nitrogens is 3. The van der Waals surface area contributed by atoms with E-state index in [4.69, 9.17) is 4.98 Å². The van der Waals surface area contributed by atoms with Gasteiger partial charge in [-0.15, -0.1) is 11.3 Å². The number of nitrogens with zero attached hydrogens (tertiary/aromatic N) is 4. The molecule has 0 N–H and O–H groups in total. The predicted octanol–water partition coefficient (Wildman–Crippen LogP) is 3.41. The van der Waals surface area contributed by atoms with Gasteiger partial charge in [0.15, 0.2) is 4.96 Å². The normalized spacial score (nSPS) is 20.1. The summed E-state index contributed by atoms with van der Waals surface area (Å²) in [6.07, 6.45) is 3.45. The third kappa shape index (κ3) is 3.20. The number of hydrogen-bond donors (Lipinski definition) is 0. The first kappa shape index (κ1) is 18.6. The number of benzene rings is 1. The maximum Gasteiger partial charge on any atom is 0.250 e. The second-order valence-electron chi connectivity index (χ2n) is 8.55. The Morgan fingerprint density at radius 2 is 1.94 bits per heavy atom. The minimum atomic E-state index is 0.0713. The number of fused-ring (bicyclic) bond motifs is 5. The van der Waals surface area contributed by atoms with Crippen LogP contribution in [0.4, 0.5) is 0 Å². The third-order valence-corrected chi connectivity index (χ3v) is 7.41. The summed E-state index contributed by atoms with van der Waals surface area (Å²) in [6.45, 7) is 2.12. The second-order valence-corrected chi connectivity index (χ2v) is 9.38. The Balaban J connectivity index is 1.23. The zero-order valence-corrected chi connectivity index (χ0v) is 17.8. The molecule has 0 saturated carbocycles. The van der Waals surface area contributed by atoms with Gasteiger partial charge in [-0.05, 0) is 18.4 Å². The summed E-state index contributed by atoms with van der Waals surface area (Å²) in [5.41, 5.74) is 4.12. The number of imidazole rings is 1. The van der Waals surface area contributed by atoms with E-state index in [9.17, 15) is 9.59 Å². The van der Waals surface area contributed by atoms with E-state index in [0.717, 1.165) is 40.6 Å². The Morgan fingerprint density at radius 3 is 2.81 bits per heavy atom. The van der Waals surface area contributed by atoms with Crippen LogP contribution in [-0.2, 0) is 17.8 Å². The van der Waals surface area contributed by atoms with Crippen molar-refractivity contribution in [3.05, 3.63) is 81.8 Å². The lowest BCUT2D eigenvalue weighted by Gasteiger charge is -2.42. The summed E-state index contributed by atoms with van der Waals surface area (Å²) >= 11 is 1.57. The first-order valence-electron chi connectivity index (χ1n) is 10.6. The fourth-order valence-corrected chi connectivity index (χ4v) is 5.94. The molecule has 6 nitrogen and oxygen atoms in total. The molecule has 6 rings (SSSR count). The Hall–Kier alpha value is -3.19. The first-order valence-corrected chi connectivity index (χ1v) is 11.5. The molecule has 1 saturated heterocycles. The van der Waals surface area contributed by atoms with E-state index in [0.29, 0.717) is 25.4 Å². The zero-order chi connectivity index (χ0) is 20.9. The smallest absolute Gasteiger partial charge is 0.250 e. The summed E-state index contributed by atoms with van der Waals surface area (Å²) in [5, 5.41) is 2.04. The van der Waals surface area contributed by atoms with Gasteiger partial charge >= 0.3 is 0 Å². The summed E-state index contributed by atoms with van der Waals surface area (Å²) in [7, 11) is 0. The molecular formula is C24H22N4O2S. The largest absolute Gasteiger partial charge is 0.341 e. The lowest BCUT2D eigenvalue weighted by molar-refractivity contribution is -0.133. The molecule has 0 unspecified atom stereocenters. The molecule has 1 aromatic carbocycles. The van der Waals surface area contributed by atoms with Crippen molar-refractivity contribution in [2.75, 3.05) is 13.1 Å². The van der Waals surface area contributed by atoms with Crippen LogP contribution in [0.15, 0.2) is 64.9 Å². The fraction of sp³-hybridized carbons (Fsp3) is 0.292. The molecular weight excluding hydrogens is 408 g/mol. The molecule has 0 spiro atoms. The molecule has 156 valence electrons. The second kappa shape index (κ2) is 7.20. The van der Waals surface area contributed by atoms with Gasteiger partial charge in [0.2, 0.25) is 5.91 Å². The van der Waals surface area contributed by atoms with E-state index in [1.807, 2.05) is 67.9 Å². The van der Waals surface area contributed by atoms with Crippen LogP contribution in [0.5, 0.6) is 0 Å². The first-order chi connectivity index (χ1) is 15.2. The van der Waals surface area contributed by atoms with Crippen LogP contribution in [0.1, 0.15) is 23.7 Å². The molecule has 3 aromatic heterocycles. The Kier molecular flexibility index (Phi) is 4.31. The predicted molar refractivity (Wildman–Crippen MR) is 120 cm³/mol. The van der Waals surface area contributed by atoms with Crippen LogP contribution in [-0.4, -0.2) is 37.8 Å². The lowest BCUT2D eigenvalue weighted by Crippen LogP contribution is -2.49. The van der Waals surface area contributed by atoms with E-state index in [1.54, 1.807) is 17.4 Å². The van der Waals surface area contributed by atoms with Gasteiger partial charge in [0.25, 0.3) is 5.56 Å². The van der Waals surface area contributed by atoms with Gasteiger partial charge in [-0.3, -0.25) is 14.0 Å². The highest BCUT2D eigenvalue weighted by Crippen LogP contribution is 2.35. The molecule has 2 atom stereocenters. The molecule has 1 amide bonds. The van der Waals surface area contributed by atoms with Crippen molar-refractivity contribution in [3.63, 3.8) is 0 Å². The minimum Gasteiger partial charge on any atom is -0.341 e. The maximum absolute atomic E-state index is 13.2. The molecule has 5 heterocycles. The van der Waals surface area contributed by atoms with Gasteiger partial charge in [-0.1, -0.05) is 36.4 Å². The number of piperidine rings is 1. The van der Waals surface area contributed by atoms with Crippen molar-refractivity contribution in [3.8, 4) is 11.3 Å². The van der Waals surface area contributed by atoms with E-state index in [2.05, 4.69) is 0 Å². The Labute approximate surface area is 183 Å². The third-order valence-electron chi connectivity index (χ3n) is 6.52. The van der Waals surface area contributed by atoms with Crippen LogP contribution in [0.3, 0.4) is 0 Å². The molecule has 0 aliphatic carbocycles. The number of hydrogen-bond acceptors (Lipinski definition) is 4. The van der Waals surface area contributed by atoms with Crippen LogP contribution in [0, 0.1) is 5.92 Å². The molecule has 2 aliphatic rings. The number of amides is 1. The van der Waals surface area contributed by atoms with Crippen LogP contribution in [0.2, 0.25) is 0 Å². The SMILES string of the molecule is O=C(Cc1csc2nc(-c3ccccc3)cn12)N1C[C@@H]2C[C@H](C1)c1cccc(=O)n1C2. The number of likely N-dealkylation sites (tertiary alicyclic amines) is 1. The van der Waals surface area contributed by atoms with Crippen molar-refractivity contribution in [1.29, 1.82) is 0 Å². The van der Waals surface area contributed by atoms with Crippen LogP contribution in [0.25, 0.3) is 16.2 Å². The van der Waals surface area contributed by atoms with Crippen molar-refractivity contribution in [2.45, 2.75) is 25.3 Å². The number of carbonyl (C=O) groups excluding carboxylic acids is 1. The number of rotatable bonds is 3. The quantitative estimate of drug-likeness (QED) is 0.500. The monoisotopic (exact) mass is 430 g/mol. The van der Waals surface area contributed by atoms with Gasteiger partial charge in [-0.2, -0.15) is 0 Å². The number of carbonyl (C=O) groups is 1. The van der Waals surface area contributed by atoms with E-state index >= 15 is 0 Å². The average molecular weight is 431 g/mol. The summed E-state index contributed by atoms with van der Waals surface area (Å²) in [6, 6.07) is 15.6. The highest BCUT2D eigenvalue weighted by atomic mass is 32.1. The van der Waals surface area contributed by atoms with Gasteiger partial charge in [0.05, 0.1) is 12.1 Å². The summed E-state index contributed by atoms with van der Waals surface area (Å²) < 4.78 is 3.95. The maximum atomic E-state index is 13.2. The summed E-state index contributed by atoms with van der Waals surface area (Å²) in [4.78, 5) is 33.1. The lowest BCUT2D eigenvalue weighted by atomic mass is 9.83. The standard InChI is InChI=1S/C24H22N4O2S/c29-22-8-4-7-21-18-9-16(12-28(21)22)11-26(13-18)23(30)10-19-15-31-24-25-20(14-27(19)24)17-5-2-1-3-6-17/h1-8,14-16,18H,9-13H2/t16-,18+/m0/s1. The van der Waals surface area contributed by atoms with Crippen molar-refractivity contribution < 1.29 is 4.79 Å². The topological polar surface area (TPSA) is 59.6 Å². The van der Waals surface area contributed by atoms with E-state index < -0.39 is 0 Å². The fourth-order valence-electron chi connectivity index (χ4n) is 5.07. The number of thiazole rings is 1. The highest BCUT2D eigenvalue weighted by molar-refractivity contribution is 7.15. The molecule has 0 radical (unpaired) electrons. The zero-order valence-electron chi connectivity index (χ0n) is 17.0. The molecule has 2 aliphatic heterocycles. The highest BCUT2D eigenvalue weighted by Gasteiger charge is 2.36. The van der Waals surface area contributed by atoms with Gasteiger partial charge in [0.1, 0.15) is 0 Å². The molecule has 1 fully saturated rings.